The van der Waals surface area contributed by atoms with Gasteiger partial charge in [0, 0.05) is 17.5 Å². The molecule has 2 rings (SSSR count). The van der Waals surface area contributed by atoms with Gasteiger partial charge in [-0.1, -0.05) is 45.2 Å². The number of nitrogens with two attached hydrogens (primary N) is 1. The van der Waals surface area contributed by atoms with E-state index in [-0.39, 0.29) is 5.41 Å². The van der Waals surface area contributed by atoms with Gasteiger partial charge in [0.05, 0.1) is 5.69 Å². The van der Waals surface area contributed by atoms with Gasteiger partial charge in [-0.2, -0.15) is 0 Å². The van der Waals surface area contributed by atoms with Crippen LogP contribution >= 0.6 is 11.8 Å². The van der Waals surface area contributed by atoms with E-state index in [4.69, 9.17) is 10.7 Å². The Morgan fingerprint density at radius 3 is 2.62 bits per heavy atom. The Labute approximate surface area is 151 Å². The summed E-state index contributed by atoms with van der Waals surface area (Å²) in [6.45, 7) is 5.66. The van der Waals surface area contributed by atoms with Crippen molar-refractivity contribution in [3.63, 3.8) is 0 Å². The van der Waals surface area contributed by atoms with Crippen molar-refractivity contribution in [1.29, 1.82) is 0 Å². The topological polar surface area (TPSA) is 62.4 Å². The van der Waals surface area contributed by atoms with Crippen molar-refractivity contribution in [3.05, 3.63) is 24.3 Å². The van der Waals surface area contributed by atoms with Gasteiger partial charge in [-0.3, -0.25) is 4.99 Å². The highest BCUT2D eigenvalue weighted by Gasteiger charge is 2.18. The van der Waals surface area contributed by atoms with Crippen molar-refractivity contribution >= 4 is 23.4 Å². The molecule has 0 aromatic heterocycles. The summed E-state index contributed by atoms with van der Waals surface area (Å²) < 4.78 is 0. The second kappa shape index (κ2) is 9.33. The fraction of sp³-hybridized carbons (Fsp3) is 0.632. The molecule has 5 heteroatoms. The highest BCUT2D eigenvalue weighted by molar-refractivity contribution is 7.98. The molecule has 1 saturated carbocycles. The van der Waals surface area contributed by atoms with E-state index >= 15 is 0 Å². The molecule has 1 aromatic carbocycles. The third-order valence-electron chi connectivity index (χ3n) is 4.52. The molecular weight excluding hydrogens is 316 g/mol. The normalized spacial score (nSPS) is 16.9. The molecule has 24 heavy (non-hydrogen) atoms. The van der Waals surface area contributed by atoms with E-state index in [0.29, 0.717) is 19.1 Å². The molecule has 4 nitrogen and oxygen atoms in total. The van der Waals surface area contributed by atoms with Crippen LogP contribution in [0.1, 0.15) is 46.0 Å². The molecule has 1 aromatic rings. The number of para-hydroxylation sites is 1. The molecule has 0 amide bonds. The number of rotatable bonds is 6. The van der Waals surface area contributed by atoms with E-state index in [9.17, 15) is 0 Å². The summed E-state index contributed by atoms with van der Waals surface area (Å²) in [5.74, 6) is 0.880. The Balaban J connectivity index is 2.13. The number of aliphatic imine (C=N–C) groups is 1. The predicted molar refractivity (Wildman–Crippen MR) is 107 cm³/mol. The Bertz CT molecular complexity index is 536. The molecule has 1 fully saturated rings. The third-order valence-corrected chi connectivity index (χ3v) is 5.32. The average Bonchev–Trinajstić information content (AvgIpc) is 2.61. The van der Waals surface area contributed by atoms with Crippen LogP contribution in [-0.4, -0.2) is 31.3 Å². The van der Waals surface area contributed by atoms with Crippen LogP contribution in [0.2, 0.25) is 0 Å². The lowest BCUT2D eigenvalue weighted by molar-refractivity contribution is 0.389. The van der Waals surface area contributed by atoms with Gasteiger partial charge in [0.1, 0.15) is 0 Å². The quantitative estimate of drug-likeness (QED) is 0.412. The van der Waals surface area contributed by atoms with Crippen LogP contribution in [0.15, 0.2) is 34.2 Å². The molecule has 134 valence electrons. The SMILES string of the molecule is CSc1ccccc1NC(=NCC(C)(C)CN)NC1CCCCC1. The summed E-state index contributed by atoms with van der Waals surface area (Å²) in [4.78, 5) is 6.07. The second-order valence-corrected chi connectivity index (χ2v) is 8.19. The van der Waals surface area contributed by atoms with Crippen LogP contribution in [0, 0.1) is 5.41 Å². The highest BCUT2D eigenvalue weighted by Crippen LogP contribution is 2.25. The molecule has 0 unspecified atom stereocenters. The molecule has 0 radical (unpaired) electrons. The lowest BCUT2D eigenvalue weighted by Crippen LogP contribution is -2.41. The number of nitrogens with zero attached hydrogens (tertiary/aromatic N) is 1. The maximum Gasteiger partial charge on any atom is 0.196 e. The number of thioether (sulfide) groups is 1. The molecule has 0 aliphatic heterocycles. The molecule has 0 bridgehead atoms. The number of nitrogens with one attached hydrogen (secondary N) is 2. The van der Waals surface area contributed by atoms with Crippen molar-refractivity contribution in [2.45, 2.75) is 56.9 Å². The average molecular weight is 349 g/mol. The monoisotopic (exact) mass is 348 g/mol. The first-order chi connectivity index (χ1) is 11.5. The summed E-state index contributed by atoms with van der Waals surface area (Å²) >= 11 is 1.75. The molecule has 0 spiro atoms. The van der Waals surface area contributed by atoms with Gasteiger partial charge in [-0.25, -0.2) is 0 Å². The van der Waals surface area contributed by atoms with E-state index in [1.54, 1.807) is 11.8 Å². The fourth-order valence-electron chi connectivity index (χ4n) is 2.79. The lowest BCUT2D eigenvalue weighted by atomic mass is 9.94. The van der Waals surface area contributed by atoms with Gasteiger partial charge in [0.25, 0.3) is 0 Å². The van der Waals surface area contributed by atoms with E-state index in [2.05, 4.69) is 55.0 Å². The van der Waals surface area contributed by atoms with E-state index in [0.717, 1.165) is 11.6 Å². The van der Waals surface area contributed by atoms with Gasteiger partial charge in [-0.15, -0.1) is 11.8 Å². The molecule has 0 atom stereocenters. The van der Waals surface area contributed by atoms with E-state index < -0.39 is 0 Å². The largest absolute Gasteiger partial charge is 0.353 e. The Kier molecular flexibility index (Phi) is 7.43. The second-order valence-electron chi connectivity index (χ2n) is 7.34. The van der Waals surface area contributed by atoms with Crippen LogP contribution in [0.5, 0.6) is 0 Å². The van der Waals surface area contributed by atoms with Crippen LogP contribution < -0.4 is 16.4 Å². The molecule has 0 heterocycles. The smallest absolute Gasteiger partial charge is 0.196 e. The van der Waals surface area contributed by atoms with Gasteiger partial charge in [-0.05, 0) is 43.2 Å². The zero-order valence-corrected chi connectivity index (χ0v) is 16.1. The van der Waals surface area contributed by atoms with Gasteiger partial charge < -0.3 is 16.4 Å². The third kappa shape index (κ3) is 6.02. The summed E-state index contributed by atoms with van der Waals surface area (Å²) in [6.07, 6.45) is 8.52. The van der Waals surface area contributed by atoms with Gasteiger partial charge in [0.15, 0.2) is 5.96 Å². The van der Waals surface area contributed by atoms with Gasteiger partial charge in [0.2, 0.25) is 0 Å². The van der Waals surface area contributed by atoms with E-state index in [1.807, 2.05) is 0 Å². The summed E-state index contributed by atoms with van der Waals surface area (Å²) in [5.41, 5.74) is 6.98. The minimum atomic E-state index is 0.0141. The van der Waals surface area contributed by atoms with Crippen molar-refractivity contribution in [2.75, 3.05) is 24.7 Å². The number of anilines is 1. The summed E-state index contributed by atoms with van der Waals surface area (Å²) in [7, 11) is 0. The van der Waals surface area contributed by atoms with Crippen molar-refractivity contribution in [1.82, 2.24) is 5.32 Å². The minimum Gasteiger partial charge on any atom is -0.353 e. The number of hydrogen-bond donors (Lipinski definition) is 3. The number of benzene rings is 1. The van der Waals surface area contributed by atoms with Crippen molar-refractivity contribution in [2.24, 2.45) is 16.1 Å². The van der Waals surface area contributed by atoms with Crippen molar-refractivity contribution < 1.29 is 0 Å². The van der Waals surface area contributed by atoms with E-state index in [1.165, 1.54) is 37.0 Å². The van der Waals surface area contributed by atoms with Crippen LogP contribution in [0.4, 0.5) is 5.69 Å². The Hall–Kier alpha value is -1.20. The van der Waals surface area contributed by atoms with Crippen LogP contribution in [0.25, 0.3) is 0 Å². The Morgan fingerprint density at radius 1 is 1.25 bits per heavy atom. The number of hydrogen-bond acceptors (Lipinski definition) is 3. The molecule has 1 aliphatic rings. The lowest BCUT2D eigenvalue weighted by Gasteiger charge is -2.26. The maximum atomic E-state index is 5.86. The summed E-state index contributed by atoms with van der Waals surface area (Å²) in [6, 6.07) is 8.89. The molecule has 0 saturated heterocycles. The van der Waals surface area contributed by atoms with Crippen LogP contribution in [0.3, 0.4) is 0 Å². The standard InChI is InChI=1S/C19H32N4S/c1-19(2,13-20)14-21-18(22-15-9-5-4-6-10-15)23-16-11-7-8-12-17(16)24-3/h7-8,11-12,15H,4-6,9-10,13-14,20H2,1-3H3,(H2,21,22,23). The maximum absolute atomic E-state index is 5.86. The van der Waals surface area contributed by atoms with Crippen molar-refractivity contribution in [3.8, 4) is 0 Å². The predicted octanol–water partition coefficient (Wildman–Crippen LogP) is 4.08. The summed E-state index contributed by atoms with van der Waals surface area (Å²) in [5, 5.41) is 7.16. The molecular formula is C19H32N4S. The fourth-order valence-corrected chi connectivity index (χ4v) is 3.35. The first-order valence-electron chi connectivity index (χ1n) is 8.95. The minimum absolute atomic E-state index is 0.0141. The van der Waals surface area contributed by atoms with Crippen LogP contribution in [-0.2, 0) is 0 Å². The molecule has 1 aliphatic carbocycles. The zero-order valence-electron chi connectivity index (χ0n) is 15.3. The van der Waals surface area contributed by atoms with Gasteiger partial charge >= 0.3 is 0 Å². The first kappa shape index (κ1) is 19.1. The zero-order chi connectivity index (χ0) is 17.4. The highest BCUT2D eigenvalue weighted by atomic mass is 32.2. The number of guanidine groups is 1. The molecule has 4 N–H and O–H groups in total. The Morgan fingerprint density at radius 2 is 1.96 bits per heavy atom. The first-order valence-corrected chi connectivity index (χ1v) is 10.2.